The molecule has 0 fully saturated rings. The average Bonchev–Trinajstić information content (AvgIpc) is 2.53. The van der Waals surface area contributed by atoms with Crippen LogP contribution in [0.3, 0.4) is 0 Å². The van der Waals surface area contributed by atoms with Crippen molar-refractivity contribution in [3.05, 3.63) is 59.7 Å². The van der Waals surface area contributed by atoms with Gasteiger partial charge in [0.2, 0.25) is 0 Å². The predicted octanol–water partition coefficient (Wildman–Crippen LogP) is 3.70. The number of benzene rings is 2. The van der Waals surface area contributed by atoms with E-state index < -0.39 is 6.10 Å². The number of ether oxygens (including phenoxy) is 2. The molecule has 0 saturated carbocycles. The van der Waals surface area contributed by atoms with Gasteiger partial charge in [-0.3, -0.25) is 0 Å². The molecule has 0 aliphatic heterocycles. The lowest BCUT2D eigenvalue weighted by Crippen LogP contribution is -2.01. The summed E-state index contributed by atoms with van der Waals surface area (Å²) < 4.78 is 11.1. The van der Waals surface area contributed by atoms with Crippen molar-refractivity contribution in [1.82, 2.24) is 0 Å². The third-order valence-electron chi connectivity index (χ3n) is 2.96. The zero-order chi connectivity index (χ0) is 14.4. The van der Waals surface area contributed by atoms with Crippen molar-refractivity contribution in [1.29, 1.82) is 0 Å². The molecular formula is C16H17BrO3. The Bertz CT molecular complexity index is 543. The molecule has 4 heteroatoms. The molecule has 106 valence electrons. The van der Waals surface area contributed by atoms with E-state index in [1.165, 1.54) is 0 Å². The van der Waals surface area contributed by atoms with Gasteiger partial charge in [0.25, 0.3) is 0 Å². The largest absolute Gasteiger partial charge is 0.493 e. The fourth-order valence-electron chi connectivity index (χ4n) is 1.84. The minimum Gasteiger partial charge on any atom is -0.493 e. The Morgan fingerprint density at radius 1 is 1.10 bits per heavy atom. The first-order valence-electron chi connectivity index (χ1n) is 6.33. The van der Waals surface area contributed by atoms with Crippen LogP contribution in [0.15, 0.2) is 48.5 Å². The fraction of sp³-hybridized carbons (Fsp3) is 0.250. The number of halogens is 1. The van der Waals surface area contributed by atoms with E-state index in [4.69, 9.17) is 9.47 Å². The van der Waals surface area contributed by atoms with Crippen molar-refractivity contribution in [2.45, 2.75) is 12.7 Å². The van der Waals surface area contributed by atoms with Crippen molar-refractivity contribution in [3.63, 3.8) is 0 Å². The van der Waals surface area contributed by atoms with Crippen LogP contribution in [0.1, 0.15) is 17.2 Å². The van der Waals surface area contributed by atoms with E-state index in [0.717, 1.165) is 11.1 Å². The second-order valence-electron chi connectivity index (χ2n) is 4.35. The molecule has 2 rings (SSSR count). The summed E-state index contributed by atoms with van der Waals surface area (Å²) in [7, 11) is 1.59. The van der Waals surface area contributed by atoms with Crippen LogP contribution in [0, 0.1) is 0 Å². The van der Waals surface area contributed by atoms with Crippen LogP contribution < -0.4 is 9.47 Å². The smallest absolute Gasteiger partial charge is 0.161 e. The van der Waals surface area contributed by atoms with Gasteiger partial charge in [0.1, 0.15) is 6.61 Å². The molecule has 1 N–H and O–H groups in total. The normalized spacial score (nSPS) is 11.9. The van der Waals surface area contributed by atoms with Gasteiger partial charge in [-0.25, -0.2) is 0 Å². The van der Waals surface area contributed by atoms with Crippen LogP contribution in [0.5, 0.6) is 11.5 Å². The highest BCUT2D eigenvalue weighted by Crippen LogP contribution is 2.31. The topological polar surface area (TPSA) is 38.7 Å². The maximum atomic E-state index is 9.80. The van der Waals surface area contributed by atoms with Crippen LogP contribution in [-0.4, -0.2) is 17.5 Å². The minimum absolute atomic E-state index is 0.484. The first-order valence-corrected chi connectivity index (χ1v) is 7.45. The van der Waals surface area contributed by atoms with Gasteiger partial charge >= 0.3 is 0 Å². The highest BCUT2D eigenvalue weighted by molar-refractivity contribution is 9.09. The van der Waals surface area contributed by atoms with E-state index in [-0.39, 0.29) is 0 Å². The molecule has 0 aliphatic rings. The van der Waals surface area contributed by atoms with Crippen LogP contribution in [0.4, 0.5) is 0 Å². The summed E-state index contributed by atoms with van der Waals surface area (Å²) in [6.07, 6.45) is -0.549. The predicted molar refractivity (Wildman–Crippen MR) is 82.5 cm³/mol. The van der Waals surface area contributed by atoms with E-state index in [2.05, 4.69) is 15.9 Å². The van der Waals surface area contributed by atoms with E-state index >= 15 is 0 Å². The summed E-state index contributed by atoms with van der Waals surface area (Å²) in [5.41, 5.74) is 1.89. The number of aliphatic hydroxyl groups is 1. The van der Waals surface area contributed by atoms with E-state index in [0.29, 0.717) is 23.4 Å². The number of hydrogen-bond acceptors (Lipinski definition) is 3. The Morgan fingerprint density at radius 3 is 2.50 bits per heavy atom. The quantitative estimate of drug-likeness (QED) is 0.817. The van der Waals surface area contributed by atoms with Crippen LogP contribution in [-0.2, 0) is 6.61 Å². The molecule has 0 spiro atoms. The van der Waals surface area contributed by atoms with Gasteiger partial charge in [0, 0.05) is 5.33 Å². The van der Waals surface area contributed by atoms with Gasteiger partial charge in [0.05, 0.1) is 13.2 Å². The molecule has 3 nitrogen and oxygen atoms in total. The zero-order valence-corrected chi connectivity index (χ0v) is 12.8. The fourth-order valence-corrected chi connectivity index (χ4v) is 2.21. The lowest BCUT2D eigenvalue weighted by molar-refractivity contribution is 0.204. The molecule has 0 bridgehead atoms. The second-order valence-corrected chi connectivity index (χ2v) is 5.00. The summed E-state index contributed by atoms with van der Waals surface area (Å²) in [6, 6.07) is 15.4. The van der Waals surface area contributed by atoms with Crippen LogP contribution >= 0.6 is 15.9 Å². The molecule has 0 aromatic heterocycles. The molecule has 0 aliphatic carbocycles. The minimum atomic E-state index is -0.549. The number of methoxy groups -OCH3 is 1. The highest BCUT2D eigenvalue weighted by atomic mass is 79.9. The van der Waals surface area contributed by atoms with E-state index in [1.807, 2.05) is 42.5 Å². The van der Waals surface area contributed by atoms with Gasteiger partial charge in [-0.05, 0) is 23.3 Å². The molecule has 1 atom stereocenters. The van der Waals surface area contributed by atoms with Gasteiger partial charge in [-0.1, -0.05) is 52.3 Å². The highest BCUT2D eigenvalue weighted by Gasteiger charge is 2.11. The van der Waals surface area contributed by atoms with Gasteiger partial charge in [0.15, 0.2) is 11.5 Å². The Kier molecular flexibility index (Phi) is 5.44. The lowest BCUT2D eigenvalue weighted by atomic mass is 10.1. The van der Waals surface area contributed by atoms with Crippen molar-refractivity contribution < 1.29 is 14.6 Å². The second kappa shape index (κ2) is 7.31. The van der Waals surface area contributed by atoms with Crippen molar-refractivity contribution >= 4 is 15.9 Å². The molecule has 2 aromatic carbocycles. The Labute approximate surface area is 127 Å². The zero-order valence-electron chi connectivity index (χ0n) is 11.3. The summed E-state index contributed by atoms with van der Waals surface area (Å²) >= 11 is 3.26. The van der Waals surface area contributed by atoms with Crippen LogP contribution in [0.25, 0.3) is 0 Å². The molecule has 0 saturated heterocycles. The number of hydrogen-bond donors (Lipinski definition) is 1. The molecular weight excluding hydrogens is 320 g/mol. The standard InChI is InChI=1S/C16H17BrO3/c1-19-16-9-13(14(18)10-17)7-8-15(16)20-11-12-5-3-2-4-6-12/h2-9,14,18H,10-11H2,1H3. The monoisotopic (exact) mass is 336 g/mol. The number of alkyl halides is 1. The van der Waals surface area contributed by atoms with Gasteiger partial charge < -0.3 is 14.6 Å². The van der Waals surface area contributed by atoms with E-state index in [1.54, 1.807) is 13.2 Å². The summed E-state index contributed by atoms with van der Waals surface area (Å²) in [5, 5.41) is 10.3. The summed E-state index contributed by atoms with van der Waals surface area (Å²) in [6.45, 7) is 0.484. The average molecular weight is 337 g/mol. The first-order chi connectivity index (χ1) is 9.74. The molecule has 0 heterocycles. The Hall–Kier alpha value is -1.52. The van der Waals surface area contributed by atoms with E-state index in [9.17, 15) is 5.11 Å². The molecule has 2 aromatic rings. The van der Waals surface area contributed by atoms with Crippen molar-refractivity contribution in [2.75, 3.05) is 12.4 Å². The lowest BCUT2D eigenvalue weighted by Gasteiger charge is -2.14. The molecule has 1 unspecified atom stereocenters. The maximum Gasteiger partial charge on any atom is 0.161 e. The van der Waals surface area contributed by atoms with Crippen LogP contribution in [0.2, 0.25) is 0 Å². The summed E-state index contributed by atoms with van der Waals surface area (Å²) in [4.78, 5) is 0. The summed E-state index contributed by atoms with van der Waals surface area (Å²) in [5.74, 6) is 1.29. The third kappa shape index (κ3) is 3.74. The molecule has 0 radical (unpaired) electrons. The third-order valence-corrected chi connectivity index (χ3v) is 3.57. The van der Waals surface area contributed by atoms with Crippen molar-refractivity contribution in [2.24, 2.45) is 0 Å². The first kappa shape index (κ1) is 14.9. The maximum absolute atomic E-state index is 9.80. The van der Waals surface area contributed by atoms with Gasteiger partial charge in [-0.15, -0.1) is 0 Å². The SMILES string of the molecule is COc1cc(C(O)CBr)ccc1OCc1ccccc1. The molecule has 20 heavy (non-hydrogen) atoms. The van der Waals surface area contributed by atoms with Gasteiger partial charge in [-0.2, -0.15) is 0 Å². The Morgan fingerprint density at radius 2 is 1.85 bits per heavy atom. The number of aliphatic hydroxyl groups excluding tert-OH is 1. The Balaban J connectivity index is 2.11. The van der Waals surface area contributed by atoms with Crippen molar-refractivity contribution in [3.8, 4) is 11.5 Å². The number of rotatable bonds is 6. The molecule has 0 amide bonds.